The summed E-state index contributed by atoms with van der Waals surface area (Å²) in [4.78, 5) is 37.9. The van der Waals surface area contributed by atoms with Gasteiger partial charge in [0.15, 0.2) is 5.78 Å². The molecule has 7 nitrogen and oxygen atoms in total. The zero-order valence-electron chi connectivity index (χ0n) is 14.5. The molecule has 1 saturated heterocycles. The molecular formula is C17H24N4O3. The van der Waals surface area contributed by atoms with E-state index < -0.39 is 5.91 Å². The van der Waals surface area contributed by atoms with Crippen LogP contribution >= 0.6 is 0 Å². The Balaban J connectivity index is 2.11. The first-order valence-electron chi connectivity index (χ1n) is 8.38. The van der Waals surface area contributed by atoms with E-state index in [0.717, 1.165) is 18.5 Å². The van der Waals surface area contributed by atoms with Crippen LogP contribution in [-0.4, -0.2) is 38.8 Å². The van der Waals surface area contributed by atoms with Crippen molar-refractivity contribution in [2.45, 2.75) is 59.0 Å². The summed E-state index contributed by atoms with van der Waals surface area (Å²) in [6.07, 6.45) is 2.79. The molecule has 0 saturated carbocycles. The maximum atomic E-state index is 12.8. The van der Waals surface area contributed by atoms with Gasteiger partial charge in [-0.2, -0.15) is 5.10 Å². The van der Waals surface area contributed by atoms with Crippen LogP contribution in [0.1, 0.15) is 67.8 Å². The molecule has 1 aliphatic carbocycles. The number of hydrogen-bond donors (Lipinski definition) is 1. The number of nitrogens with zero attached hydrogens (tertiary/aromatic N) is 3. The van der Waals surface area contributed by atoms with Crippen molar-refractivity contribution < 1.29 is 14.4 Å². The van der Waals surface area contributed by atoms with Gasteiger partial charge in [0.05, 0.1) is 23.0 Å². The Morgan fingerprint density at radius 2 is 2.04 bits per heavy atom. The van der Waals surface area contributed by atoms with E-state index in [1.54, 1.807) is 9.58 Å². The standard InChI is InChI=1S/C17H24N4O3/c1-10(22)20-6-4-5-11(20)16-15-12(21(19-16)9-14(18)24)7-17(2,3)8-13(15)23/h11H,4-9H2,1-3H3,(H2,18,24)/t11-/m0/s1. The molecule has 1 aromatic heterocycles. The van der Waals surface area contributed by atoms with Crippen LogP contribution < -0.4 is 5.73 Å². The van der Waals surface area contributed by atoms with Crippen LogP contribution in [0.2, 0.25) is 0 Å². The molecule has 0 bridgehead atoms. The Labute approximate surface area is 141 Å². The second-order valence-corrected chi connectivity index (χ2v) is 7.64. The number of nitrogens with two attached hydrogens (primary N) is 1. The Kier molecular flexibility index (Phi) is 3.97. The highest BCUT2D eigenvalue weighted by atomic mass is 16.2. The van der Waals surface area contributed by atoms with E-state index in [0.29, 0.717) is 30.6 Å². The molecule has 0 radical (unpaired) electrons. The van der Waals surface area contributed by atoms with Crippen LogP contribution in [0.5, 0.6) is 0 Å². The summed E-state index contributed by atoms with van der Waals surface area (Å²) in [5.74, 6) is -0.459. The number of carbonyl (C=O) groups excluding carboxylic acids is 3. The summed E-state index contributed by atoms with van der Waals surface area (Å²) in [7, 11) is 0. The topological polar surface area (TPSA) is 98.3 Å². The number of aromatic nitrogens is 2. The average Bonchev–Trinajstić information content (AvgIpc) is 3.02. The number of likely N-dealkylation sites (tertiary alicyclic amines) is 1. The molecule has 130 valence electrons. The monoisotopic (exact) mass is 332 g/mol. The van der Waals surface area contributed by atoms with Crippen molar-refractivity contribution in [3.63, 3.8) is 0 Å². The zero-order valence-corrected chi connectivity index (χ0v) is 14.5. The van der Waals surface area contributed by atoms with Crippen molar-refractivity contribution in [2.75, 3.05) is 6.54 Å². The van der Waals surface area contributed by atoms with Crippen molar-refractivity contribution in [3.05, 3.63) is 17.0 Å². The Bertz CT molecular complexity index is 720. The van der Waals surface area contributed by atoms with Crippen molar-refractivity contribution in [1.29, 1.82) is 0 Å². The number of rotatable bonds is 3. The van der Waals surface area contributed by atoms with Gasteiger partial charge in [0, 0.05) is 19.9 Å². The number of hydrogen-bond acceptors (Lipinski definition) is 4. The zero-order chi connectivity index (χ0) is 17.6. The molecule has 2 heterocycles. The maximum absolute atomic E-state index is 12.8. The average molecular weight is 332 g/mol. The molecule has 0 spiro atoms. The van der Waals surface area contributed by atoms with E-state index in [1.807, 2.05) is 13.8 Å². The molecule has 7 heteroatoms. The largest absolute Gasteiger partial charge is 0.368 e. The number of fused-ring (bicyclic) bond motifs is 1. The van der Waals surface area contributed by atoms with Crippen LogP contribution in [0.15, 0.2) is 0 Å². The van der Waals surface area contributed by atoms with Gasteiger partial charge in [0.1, 0.15) is 6.54 Å². The smallest absolute Gasteiger partial charge is 0.239 e. The van der Waals surface area contributed by atoms with E-state index in [4.69, 9.17) is 5.73 Å². The van der Waals surface area contributed by atoms with Gasteiger partial charge in [-0.15, -0.1) is 0 Å². The van der Waals surface area contributed by atoms with Gasteiger partial charge in [-0.25, -0.2) is 0 Å². The van der Waals surface area contributed by atoms with E-state index in [1.165, 1.54) is 6.92 Å². The lowest BCUT2D eigenvalue weighted by Crippen LogP contribution is -2.31. The van der Waals surface area contributed by atoms with Crippen LogP contribution in [0.4, 0.5) is 0 Å². The van der Waals surface area contributed by atoms with Crippen molar-refractivity contribution >= 4 is 17.6 Å². The summed E-state index contributed by atoms with van der Waals surface area (Å²) >= 11 is 0. The molecule has 2 amide bonds. The highest BCUT2D eigenvalue weighted by Gasteiger charge is 2.40. The maximum Gasteiger partial charge on any atom is 0.239 e. The van der Waals surface area contributed by atoms with Crippen LogP contribution in [-0.2, 0) is 22.6 Å². The lowest BCUT2D eigenvalue weighted by Gasteiger charge is -2.30. The third-order valence-electron chi connectivity index (χ3n) is 4.93. The first-order valence-corrected chi connectivity index (χ1v) is 8.38. The quantitative estimate of drug-likeness (QED) is 0.899. The molecule has 1 atom stereocenters. The Morgan fingerprint density at radius 1 is 1.33 bits per heavy atom. The van der Waals surface area contributed by atoms with E-state index in [-0.39, 0.29) is 29.7 Å². The SMILES string of the molecule is CC(=O)N1CCC[C@H]1c1nn(CC(N)=O)c2c1C(=O)CC(C)(C)C2. The second-order valence-electron chi connectivity index (χ2n) is 7.64. The molecule has 1 fully saturated rings. The molecule has 0 unspecified atom stereocenters. The molecule has 1 aliphatic heterocycles. The number of Topliss-reactive ketones (excluding diaryl/α,β-unsaturated/α-hetero) is 1. The van der Waals surface area contributed by atoms with Crippen LogP contribution in [0.25, 0.3) is 0 Å². The van der Waals surface area contributed by atoms with Crippen molar-refractivity contribution in [1.82, 2.24) is 14.7 Å². The summed E-state index contributed by atoms with van der Waals surface area (Å²) in [6.45, 7) is 6.24. The van der Waals surface area contributed by atoms with Crippen LogP contribution in [0, 0.1) is 5.41 Å². The van der Waals surface area contributed by atoms with Crippen LogP contribution in [0.3, 0.4) is 0 Å². The van der Waals surface area contributed by atoms with E-state index in [9.17, 15) is 14.4 Å². The predicted octanol–water partition coefficient (Wildman–Crippen LogP) is 1.21. The summed E-state index contributed by atoms with van der Waals surface area (Å²) in [5, 5.41) is 4.56. The minimum Gasteiger partial charge on any atom is -0.368 e. The predicted molar refractivity (Wildman–Crippen MR) is 87.2 cm³/mol. The molecule has 1 aromatic rings. The van der Waals surface area contributed by atoms with Crippen molar-refractivity contribution in [3.8, 4) is 0 Å². The molecule has 2 aliphatic rings. The van der Waals surface area contributed by atoms with E-state index >= 15 is 0 Å². The molecular weight excluding hydrogens is 308 g/mol. The Hall–Kier alpha value is -2.18. The first-order chi connectivity index (χ1) is 11.2. The van der Waals surface area contributed by atoms with Gasteiger partial charge >= 0.3 is 0 Å². The minimum atomic E-state index is -0.488. The number of amides is 2. The summed E-state index contributed by atoms with van der Waals surface area (Å²) in [6, 6.07) is -0.185. The fourth-order valence-electron chi connectivity index (χ4n) is 3.98. The van der Waals surface area contributed by atoms with Gasteiger partial charge in [0.2, 0.25) is 11.8 Å². The minimum absolute atomic E-state index is 0.0145. The number of ketones is 1. The second kappa shape index (κ2) is 5.72. The van der Waals surface area contributed by atoms with Gasteiger partial charge in [0.25, 0.3) is 0 Å². The molecule has 3 rings (SSSR count). The van der Waals surface area contributed by atoms with Crippen molar-refractivity contribution in [2.24, 2.45) is 11.1 Å². The fourth-order valence-corrected chi connectivity index (χ4v) is 3.98. The lowest BCUT2D eigenvalue weighted by atomic mass is 9.75. The van der Waals surface area contributed by atoms with Gasteiger partial charge in [-0.3, -0.25) is 19.1 Å². The third-order valence-corrected chi connectivity index (χ3v) is 4.93. The Morgan fingerprint density at radius 3 is 2.67 bits per heavy atom. The highest BCUT2D eigenvalue weighted by Crippen LogP contribution is 2.41. The van der Waals surface area contributed by atoms with Gasteiger partial charge in [-0.05, 0) is 24.7 Å². The van der Waals surface area contributed by atoms with E-state index in [2.05, 4.69) is 5.10 Å². The normalized spacial score (nSPS) is 22.5. The lowest BCUT2D eigenvalue weighted by molar-refractivity contribution is -0.129. The fraction of sp³-hybridized carbons (Fsp3) is 0.647. The molecule has 0 aromatic carbocycles. The summed E-state index contributed by atoms with van der Waals surface area (Å²) < 4.78 is 1.57. The highest BCUT2D eigenvalue weighted by molar-refractivity contribution is 6.00. The first kappa shape index (κ1) is 16.7. The third kappa shape index (κ3) is 2.83. The van der Waals surface area contributed by atoms with Gasteiger partial charge < -0.3 is 10.6 Å². The molecule has 24 heavy (non-hydrogen) atoms. The van der Waals surface area contributed by atoms with Gasteiger partial charge in [-0.1, -0.05) is 13.8 Å². The summed E-state index contributed by atoms with van der Waals surface area (Å²) in [5.41, 5.74) is 7.20. The molecule has 2 N–H and O–H groups in total. The number of carbonyl (C=O) groups is 3. The number of primary amides is 1.